The molecule has 1 heterocycles. The molecule has 0 aromatic rings. The standard InChI is InChI=1S/C12H20ClNO/c1-9(8-13)12(15)14-7-3-5-10-4-2-6-11(10)14/h9-11H,2-8H2,1H3. The molecule has 1 aliphatic heterocycles. The van der Waals surface area contributed by atoms with Gasteiger partial charge in [0.25, 0.3) is 0 Å². The minimum absolute atomic E-state index is 0.00832. The normalized spacial score (nSPS) is 32.5. The summed E-state index contributed by atoms with van der Waals surface area (Å²) >= 11 is 5.76. The summed E-state index contributed by atoms with van der Waals surface area (Å²) in [6, 6.07) is 0.539. The molecule has 2 fully saturated rings. The topological polar surface area (TPSA) is 20.3 Å². The van der Waals surface area contributed by atoms with Gasteiger partial charge >= 0.3 is 0 Å². The fourth-order valence-corrected chi connectivity index (χ4v) is 3.21. The molecule has 3 unspecified atom stereocenters. The smallest absolute Gasteiger partial charge is 0.226 e. The van der Waals surface area contributed by atoms with Crippen molar-refractivity contribution >= 4 is 17.5 Å². The summed E-state index contributed by atoms with van der Waals surface area (Å²) in [5, 5.41) is 0. The van der Waals surface area contributed by atoms with Crippen LogP contribution in [0.15, 0.2) is 0 Å². The van der Waals surface area contributed by atoms with Crippen molar-refractivity contribution in [3.63, 3.8) is 0 Å². The number of rotatable bonds is 2. The molecule has 1 saturated heterocycles. The number of carbonyl (C=O) groups excluding carboxylic acids is 1. The summed E-state index contributed by atoms with van der Waals surface area (Å²) in [7, 11) is 0. The predicted octanol–water partition coefficient (Wildman–Crippen LogP) is 2.65. The minimum atomic E-state index is -0.00832. The Morgan fingerprint density at radius 2 is 2.13 bits per heavy atom. The van der Waals surface area contributed by atoms with Crippen LogP contribution in [0.5, 0.6) is 0 Å². The van der Waals surface area contributed by atoms with E-state index in [1.807, 2.05) is 6.92 Å². The maximum absolute atomic E-state index is 12.1. The van der Waals surface area contributed by atoms with Gasteiger partial charge in [-0.05, 0) is 31.6 Å². The monoisotopic (exact) mass is 229 g/mol. The zero-order valence-corrected chi connectivity index (χ0v) is 10.2. The van der Waals surface area contributed by atoms with Crippen LogP contribution in [0.2, 0.25) is 0 Å². The number of amides is 1. The van der Waals surface area contributed by atoms with Crippen molar-refractivity contribution in [1.82, 2.24) is 4.90 Å². The molecule has 1 aliphatic carbocycles. The summed E-state index contributed by atoms with van der Waals surface area (Å²) in [5.74, 6) is 1.50. The fraction of sp³-hybridized carbons (Fsp3) is 0.917. The maximum atomic E-state index is 12.1. The lowest BCUT2D eigenvalue weighted by Gasteiger charge is -2.39. The molecule has 0 aromatic carbocycles. The Bertz CT molecular complexity index is 244. The van der Waals surface area contributed by atoms with Gasteiger partial charge < -0.3 is 4.90 Å². The lowest BCUT2D eigenvalue weighted by Crippen LogP contribution is -2.48. The van der Waals surface area contributed by atoms with Gasteiger partial charge in [0.05, 0.1) is 0 Å². The van der Waals surface area contributed by atoms with Crippen LogP contribution in [0.4, 0.5) is 0 Å². The van der Waals surface area contributed by atoms with Gasteiger partial charge in [0.15, 0.2) is 0 Å². The van der Waals surface area contributed by atoms with Crippen molar-refractivity contribution in [2.45, 2.75) is 45.1 Å². The highest BCUT2D eigenvalue weighted by Gasteiger charge is 2.38. The zero-order valence-electron chi connectivity index (χ0n) is 9.42. The fourth-order valence-electron chi connectivity index (χ4n) is 3.08. The van der Waals surface area contributed by atoms with Crippen LogP contribution in [-0.2, 0) is 4.79 Å². The minimum Gasteiger partial charge on any atom is -0.339 e. The van der Waals surface area contributed by atoms with E-state index in [-0.39, 0.29) is 11.8 Å². The highest BCUT2D eigenvalue weighted by Crippen LogP contribution is 2.37. The van der Waals surface area contributed by atoms with Gasteiger partial charge in [-0.2, -0.15) is 0 Å². The Balaban J connectivity index is 2.04. The van der Waals surface area contributed by atoms with E-state index in [0.29, 0.717) is 11.9 Å². The second-order valence-electron chi connectivity index (χ2n) is 4.99. The molecule has 2 nitrogen and oxygen atoms in total. The Labute approximate surface area is 97.0 Å². The summed E-state index contributed by atoms with van der Waals surface area (Å²) in [4.78, 5) is 14.2. The van der Waals surface area contributed by atoms with Gasteiger partial charge in [-0.1, -0.05) is 13.3 Å². The number of carbonyl (C=O) groups is 1. The van der Waals surface area contributed by atoms with E-state index in [2.05, 4.69) is 4.90 Å². The first-order valence-corrected chi connectivity index (χ1v) is 6.64. The first-order valence-electron chi connectivity index (χ1n) is 6.10. The number of alkyl halides is 1. The Morgan fingerprint density at radius 1 is 1.40 bits per heavy atom. The average molecular weight is 230 g/mol. The quantitative estimate of drug-likeness (QED) is 0.667. The molecule has 15 heavy (non-hydrogen) atoms. The van der Waals surface area contributed by atoms with Gasteiger partial charge in [0, 0.05) is 24.4 Å². The number of hydrogen-bond donors (Lipinski definition) is 0. The molecular formula is C12H20ClNO. The molecule has 3 heteroatoms. The molecule has 2 rings (SSSR count). The molecule has 0 spiro atoms. The van der Waals surface area contributed by atoms with E-state index in [4.69, 9.17) is 11.6 Å². The van der Waals surface area contributed by atoms with Crippen molar-refractivity contribution < 1.29 is 4.79 Å². The number of piperidine rings is 1. The number of nitrogens with zero attached hydrogens (tertiary/aromatic N) is 1. The lowest BCUT2D eigenvalue weighted by atomic mass is 9.91. The van der Waals surface area contributed by atoms with Crippen molar-refractivity contribution in [3.05, 3.63) is 0 Å². The van der Waals surface area contributed by atoms with Crippen LogP contribution < -0.4 is 0 Å². The highest BCUT2D eigenvalue weighted by molar-refractivity contribution is 6.19. The molecule has 0 radical (unpaired) electrons. The summed E-state index contributed by atoms with van der Waals surface area (Å²) < 4.78 is 0. The van der Waals surface area contributed by atoms with E-state index in [1.165, 1.54) is 32.1 Å². The maximum Gasteiger partial charge on any atom is 0.226 e. The van der Waals surface area contributed by atoms with Crippen molar-refractivity contribution in [2.24, 2.45) is 11.8 Å². The largest absolute Gasteiger partial charge is 0.339 e. The molecule has 2 aliphatic rings. The Hall–Kier alpha value is -0.240. The van der Waals surface area contributed by atoms with Crippen molar-refractivity contribution in [2.75, 3.05) is 12.4 Å². The van der Waals surface area contributed by atoms with Crippen LogP contribution in [0.3, 0.4) is 0 Å². The van der Waals surface area contributed by atoms with Crippen LogP contribution >= 0.6 is 11.6 Å². The first kappa shape index (κ1) is 11.3. The van der Waals surface area contributed by atoms with Crippen molar-refractivity contribution in [1.29, 1.82) is 0 Å². The number of halogens is 1. The van der Waals surface area contributed by atoms with Crippen LogP contribution in [0.25, 0.3) is 0 Å². The second-order valence-corrected chi connectivity index (χ2v) is 5.30. The Morgan fingerprint density at radius 3 is 2.87 bits per heavy atom. The zero-order chi connectivity index (χ0) is 10.8. The third-order valence-electron chi connectivity index (χ3n) is 3.93. The molecule has 1 amide bonds. The van der Waals surface area contributed by atoms with Gasteiger partial charge in [0.1, 0.15) is 0 Å². The first-order chi connectivity index (χ1) is 7.24. The van der Waals surface area contributed by atoms with Gasteiger partial charge in [-0.25, -0.2) is 0 Å². The SMILES string of the molecule is CC(CCl)C(=O)N1CCCC2CCCC21. The van der Waals surface area contributed by atoms with E-state index in [9.17, 15) is 4.79 Å². The van der Waals surface area contributed by atoms with E-state index >= 15 is 0 Å². The number of hydrogen-bond acceptors (Lipinski definition) is 1. The molecule has 3 atom stereocenters. The van der Waals surface area contributed by atoms with Crippen LogP contribution in [-0.4, -0.2) is 29.3 Å². The molecule has 1 saturated carbocycles. The predicted molar refractivity (Wildman–Crippen MR) is 62.0 cm³/mol. The molecular weight excluding hydrogens is 210 g/mol. The van der Waals surface area contributed by atoms with E-state index < -0.39 is 0 Å². The molecule has 86 valence electrons. The molecule has 0 bridgehead atoms. The van der Waals surface area contributed by atoms with Gasteiger partial charge in [0.2, 0.25) is 5.91 Å². The summed E-state index contributed by atoms with van der Waals surface area (Å²) in [5.41, 5.74) is 0. The third-order valence-corrected chi connectivity index (χ3v) is 4.39. The van der Waals surface area contributed by atoms with E-state index in [0.717, 1.165) is 12.5 Å². The third kappa shape index (κ3) is 2.15. The Kier molecular flexibility index (Phi) is 3.55. The van der Waals surface area contributed by atoms with Crippen molar-refractivity contribution in [3.8, 4) is 0 Å². The van der Waals surface area contributed by atoms with E-state index in [1.54, 1.807) is 0 Å². The second kappa shape index (κ2) is 4.73. The highest BCUT2D eigenvalue weighted by atomic mass is 35.5. The lowest BCUT2D eigenvalue weighted by molar-refractivity contribution is -0.139. The van der Waals surface area contributed by atoms with Gasteiger partial charge in [-0.15, -0.1) is 11.6 Å². The number of fused-ring (bicyclic) bond motifs is 1. The summed E-state index contributed by atoms with van der Waals surface area (Å²) in [6.07, 6.45) is 6.34. The molecule has 0 aromatic heterocycles. The summed E-state index contributed by atoms with van der Waals surface area (Å²) in [6.45, 7) is 2.90. The van der Waals surface area contributed by atoms with Gasteiger partial charge in [-0.3, -0.25) is 4.79 Å². The number of likely N-dealkylation sites (tertiary alicyclic amines) is 1. The van der Waals surface area contributed by atoms with Crippen LogP contribution in [0, 0.1) is 11.8 Å². The van der Waals surface area contributed by atoms with Crippen LogP contribution in [0.1, 0.15) is 39.0 Å². The average Bonchev–Trinajstić information content (AvgIpc) is 2.74. The molecule has 0 N–H and O–H groups in total.